The van der Waals surface area contributed by atoms with E-state index in [2.05, 4.69) is 25.9 Å². The van der Waals surface area contributed by atoms with Crippen LogP contribution in [0.5, 0.6) is 5.75 Å². The van der Waals surface area contributed by atoms with Crippen LogP contribution in [0.4, 0.5) is 0 Å². The van der Waals surface area contributed by atoms with Gasteiger partial charge in [0.25, 0.3) is 0 Å². The Morgan fingerprint density at radius 2 is 2.06 bits per heavy atom. The van der Waals surface area contributed by atoms with Gasteiger partial charge >= 0.3 is 0 Å². The molecule has 2 rings (SSSR count). The average molecular weight is 281 g/mol. The summed E-state index contributed by atoms with van der Waals surface area (Å²) in [5.74, 6) is 1.09. The first-order chi connectivity index (χ1) is 7.74. The number of hydrogen-bond donors (Lipinski definition) is 1. The van der Waals surface area contributed by atoms with Crippen LogP contribution in [0.25, 0.3) is 11.3 Å². The van der Waals surface area contributed by atoms with Crippen LogP contribution in [0.3, 0.4) is 0 Å². The van der Waals surface area contributed by atoms with E-state index in [9.17, 15) is 4.79 Å². The summed E-state index contributed by atoms with van der Waals surface area (Å²) in [6, 6.07) is 7.46. The third kappa shape index (κ3) is 1.99. The molecule has 1 heterocycles. The van der Waals surface area contributed by atoms with Crippen molar-refractivity contribution in [2.45, 2.75) is 0 Å². The number of imidazole rings is 1. The number of benzene rings is 1. The number of rotatable bonds is 3. The Labute approximate surface area is 101 Å². The Morgan fingerprint density at radius 1 is 1.38 bits per heavy atom. The van der Waals surface area contributed by atoms with Gasteiger partial charge in [-0.1, -0.05) is 0 Å². The average Bonchev–Trinajstić information content (AvgIpc) is 2.71. The monoisotopic (exact) mass is 280 g/mol. The standard InChI is InChI=1S/C11H9BrN2O2/c1-16-8-4-2-7(3-5-8)10-11(12)14-9(6-15)13-10/h2-6H,1H3,(H,13,14). The van der Waals surface area contributed by atoms with Crippen molar-refractivity contribution in [3.05, 3.63) is 34.7 Å². The molecule has 0 radical (unpaired) electrons. The van der Waals surface area contributed by atoms with Gasteiger partial charge in [-0.15, -0.1) is 0 Å². The van der Waals surface area contributed by atoms with E-state index in [1.807, 2.05) is 24.3 Å². The summed E-state index contributed by atoms with van der Waals surface area (Å²) in [4.78, 5) is 17.5. The van der Waals surface area contributed by atoms with E-state index in [1.54, 1.807) is 7.11 Å². The predicted molar refractivity (Wildman–Crippen MR) is 63.7 cm³/mol. The minimum atomic E-state index is 0.303. The van der Waals surface area contributed by atoms with Gasteiger partial charge in [0.05, 0.1) is 7.11 Å². The second kappa shape index (κ2) is 4.49. The minimum Gasteiger partial charge on any atom is -0.497 e. The minimum absolute atomic E-state index is 0.303. The molecule has 0 atom stereocenters. The number of aldehydes is 1. The third-order valence-corrected chi connectivity index (χ3v) is 2.73. The second-order valence-electron chi connectivity index (χ2n) is 3.13. The second-order valence-corrected chi connectivity index (χ2v) is 3.92. The maximum absolute atomic E-state index is 10.6. The number of H-pyrrole nitrogens is 1. The van der Waals surface area contributed by atoms with Crippen LogP contribution in [-0.2, 0) is 0 Å². The lowest BCUT2D eigenvalue weighted by Crippen LogP contribution is -1.84. The molecule has 1 N–H and O–H groups in total. The fraction of sp³-hybridized carbons (Fsp3) is 0.0909. The molecule has 0 bridgehead atoms. The zero-order valence-corrected chi connectivity index (χ0v) is 10.1. The van der Waals surface area contributed by atoms with E-state index < -0.39 is 0 Å². The lowest BCUT2D eigenvalue weighted by molar-refractivity contribution is 0.111. The van der Waals surface area contributed by atoms with Gasteiger partial charge in [0.2, 0.25) is 0 Å². The lowest BCUT2D eigenvalue weighted by Gasteiger charge is -2.00. The molecule has 16 heavy (non-hydrogen) atoms. The summed E-state index contributed by atoms with van der Waals surface area (Å²) in [6.07, 6.45) is 0.678. The zero-order valence-electron chi connectivity index (χ0n) is 8.53. The first kappa shape index (κ1) is 10.9. The van der Waals surface area contributed by atoms with E-state index in [1.165, 1.54) is 0 Å². The molecule has 0 spiro atoms. The van der Waals surface area contributed by atoms with Crippen molar-refractivity contribution in [3.8, 4) is 17.0 Å². The van der Waals surface area contributed by atoms with Crippen molar-refractivity contribution in [1.29, 1.82) is 0 Å². The number of halogens is 1. The number of aromatic amines is 1. The van der Waals surface area contributed by atoms with Gasteiger partial charge in [-0.05, 0) is 40.2 Å². The molecule has 0 aliphatic rings. The third-order valence-electron chi connectivity index (χ3n) is 2.15. The summed E-state index contributed by atoms with van der Waals surface area (Å²) in [6.45, 7) is 0. The number of carbonyl (C=O) groups excluding carboxylic acids is 1. The first-order valence-electron chi connectivity index (χ1n) is 4.59. The first-order valence-corrected chi connectivity index (χ1v) is 5.39. The number of ether oxygens (including phenoxy) is 1. The van der Waals surface area contributed by atoms with Crippen molar-refractivity contribution in [3.63, 3.8) is 0 Å². The highest BCUT2D eigenvalue weighted by molar-refractivity contribution is 9.10. The van der Waals surface area contributed by atoms with E-state index >= 15 is 0 Å². The summed E-state index contributed by atoms with van der Waals surface area (Å²) in [5.41, 5.74) is 1.63. The molecule has 0 fully saturated rings. The van der Waals surface area contributed by atoms with E-state index in [0.29, 0.717) is 22.4 Å². The Bertz CT molecular complexity index is 505. The highest BCUT2D eigenvalue weighted by atomic mass is 79.9. The summed E-state index contributed by atoms with van der Waals surface area (Å²) in [5, 5.41) is 0. The van der Waals surface area contributed by atoms with Crippen LogP contribution in [0.15, 0.2) is 28.9 Å². The van der Waals surface area contributed by atoms with Crippen molar-refractivity contribution >= 4 is 22.2 Å². The molecule has 0 saturated carbocycles. The summed E-state index contributed by atoms with van der Waals surface area (Å²) < 4.78 is 5.76. The van der Waals surface area contributed by atoms with Crippen molar-refractivity contribution < 1.29 is 9.53 Å². The fourth-order valence-corrected chi connectivity index (χ4v) is 1.89. The molecule has 5 heteroatoms. The molecule has 2 aromatic rings. The fourth-order valence-electron chi connectivity index (χ4n) is 1.37. The van der Waals surface area contributed by atoms with Gasteiger partial charge in [-0.25, -0.2) is 4.98 Å². The SMILES string of the molecule is COc1ccc(-c2nc(C=O)[nH]c2Br)cc1. The highest BCUT2D eigenvalue weighted by Gasteiger charge is 2.09. The van der Waals surface area contributed by atoms with Crippen molar-refractivity contribution in [2.75, 3.05) is 7.11 Å². The number of nitrogens with zero attached hydrogens (tertiary/aromatic N) is 1. The molecule has 0 unspecified atom stereocenters. The lowest BCUT2D eigenvalue weighted by atomic mass is 10.2. The van der Waals surface area contributed by atoms with E-state index in [0.717, 1.165) is 11.3 Å². The number of aromatic nitrogens is 2. The Hall–Kier alpha value is -1.62. The Kier molecular flexibility index (Phi) is 3.05. The highest BCUT2D eigenvalue weighted by Crippen LogP contribution is 2.27. The van der Waals surface area contributed by atoms with Crippen LogP contribution in [0, 0.1) is 0 Å². The largest absolute Gasteiger partial charge is 0.497 e. The van der Waals surface area contributed by atoms with Gasteiger partial charge < -0.3 is 9.72 Å². The van der Waals surface area contributed by atoms with Crippen LogP contribution < -0.4 is 4.74 Å². The molecule has 1 aromatic heterocycles. The van der Waals surface area contributed by atoms with Gasteiger partial charge in [0.1, 0.15) is 16.0 Å². The molecular weight excluding hydrogens is 272 g/mol. The van der Waals surface area contributed by atoms with E-state index in [4.69, 9.17) is 4.74 Å². The maximum Gasteiger partial charge on any atom is 0.185 e. The van der Waals surface area contributed by atoms with Crippen LogP contribution >= 0.6 is 15.9 Å². The van der Waals surface area contributed by atoms with Gasteiger partial charge in [-0.2, -0.15) is 0 Å². The van der Waals surface area contributed by atoms with Crippen LogP contribution in [-0.4, -0.2) is 23.4 Å². The molecule has 4 nitrogen and oxygen atoms in total. The zero-order chi connectivity index (χ0) is 11.5. The summed E-state index contributed by atoms with van der Waals surface area (Å²) >= 11 is 3.32. The molecule has 0 aliphatic heterocycles. The quantitative estimate of drug-likeness (QED) is 0.880. The number of carbonyl (C=O) groups is 1. The smallest absolute Gasteiger partial charge is 0.185 e. The molecule has 0 amide bonds. The predicted octanol–water partition coefficient (Wildman–Crippen LogP) is 2.66. The Morgan fingerprint density at radius 3 is 2.56 bits per heavy atom. The van der Waals surface area contributed by atoms with Gasteiger partial charge in [0, 0.05) is 5.56 Å². The number of nitrogens with one attached hydrogen (secondary N) is 1. The number of hydrogen-bond acceptors (Lipinski definition) is 3. The van der Waals surface area contributed by atoms with Gasteiger partial charge in [-0.3, -0.25) is 4.79 Å². The topological polar surface area (TPSA) is 55.0 Å². The molecule has 0 saturated heterocycles. The van der Waals surface area contributed by atoms with Crippen molar-refractivity contribution in [1.82, 2.24) is 9.97 Å². The maximum atomic E-state index is 10.6. The van der Waals surface area contributed by atoms with Gasteiger partial charge in [0.15, 0.2) is 12.1 Å². The Balaban J connectivity index is 2.41. The molecular formula is C11H9BrN2O2. The molecule has 1 aromatic carbocycles. The van der Waals surface area contributed by atoms with Crippen LogP contribution in [0.1, 0.15) is 10.6 Å². The number of methoxy groups -OCH3 is 1. The summed E-state index contributed by atoms with van der Waals surface area (Å²) in [7, 11) is 1.62. The molecule has 82 valence electrons. The van der Waals surface area contributed by atoms with E-state index in [-0.39, 0.29) is 0 Å². The normalized spacial score (nSPS) is 10.1. The van der Waals surface area contributed by atoms with Crippen LogP contribution in [0.2, 0.25) is 0 Å². The van der Waals surface area contributed by atoms with Crippen molar-refractivity contribution in [2.24, 2.45) is 0 Å². The molecule has 0 aliphatic carbocycles.